The number of aromatic nitrogens is 3. The summed E-state index contributed by atoms with van der Waals surface area (Å²) in [5.41, 5.74) is -1.23. The second-order valence-corrected chi connectivity index (χ2v) is 6.69. The van der Waals surface area contributed by atoms with Crippen LogP contribution in [0.3, 0.4) is 0 Å². The van der Waals surface area contributed by atoms with Crippen LogP contribution in [0.2, 0.25) is 0 Å². The van der Waals surface area contributed by atoms with Gasteiger partial charge in [-0.05, 0) is 19.4 Å². The number of hydrogen-bond acceptors (Lipinski definition) is 6. The van der Waals surface area contributed by atoms with Crippen molar-refractivity contribution in [1.82, 2.24) is 20.1 Å². The van der Waals surface area contributed by atoms with Crippen molar-refractivity contribution < 1.29 is 23.1 Å². The maximum Gasteiger partial charge on any atom is 0.417 e. The Kier molecular flexibility index (Phi) is 5.74. The first-order valence-electron chi connectivity index (χ1n) is 8.94. The molecule has 8 nitrogen and oxygen atoms in total. The molecule has 1 saturated heterocycles. The number of carbonyl (C=O) groups is 1. The molecule has 1 fully saturated rings. The molecular formula is C18H19F3N6O2. The van der Waals surface area contributed by atoms with Crippen LogP contribution in [0.15, 0.2) is 18.5 Å². The zero-order valence-electron chi connectivity index (χ0n) is 15.6. The van der Waals surface area contributed by atoms with Crippen LogP contribution in [-0.4, -0.2) is 51.5 Å². The van der Waals surface area contributed by atoms with Gasteiger partial charge in [-0.25, -0.2) is 4.98 Å². The monoisotopic (exact) mass is 408 g/mol. The maximum absolute atomic E-state index is 13.6. The van der Waals surface area contributed by atoms with Crippen molar-refractivity contribution in [3.63, 3.8) is 0 Å². The standard InChI is InChI=1S/C18H19F3N6O2/c1-11-2-4-27(11)17-13(7-22)14(18(19,20)21)6-15(25-17)12-8-24-26(9-12)10-16(29)23-3-5-28/h6,8-9,11,28H,2-5,10H2,1H3,(H,23,29)/t11-/m0/s1. The van der Waals surface area contributed by atoms with Gasteiger partial charge >= 0.3 is 6.18 Å². The van der Waals surface area contributed by atoms with Crippen LogP contribution in [0, 0.1) is 11.3 Å². The normalized spacial score (nSPS) is 16.3. The molecule has 2 aromatic rings. The molecule has 154 valence electrons. The molecule has 2 aromatic heterocycles. The van der Waals surface area contributed by atoms with Crippen LogP contribution >= 0.6 is 0 Å². The van der Waals surface area contributed by atoms with Crippen LogP contribution in [0.25, 0.3) is 11.3 Å². The van der Waals surface area contributed by atoms with Gasteiger partial charge in [0.2, 0.25) is 5.91 Å². The Morgan fingerprint density at radius 2 is 2.24 bits per heavy atom. The first-order valence-corrected chi connectivity index (χ1v) is 8.94. The van der Waals surface area contributed by atoms with Crippen LogP contribution in [0.5, 0.6) is 0 Å². The molecule has 0 saturated carbocycles. The van der Waals surface area contributed by atoms with Gasteiger partial charge in [0, 0.05) is 30.9 Å². The third-order valence-corrected chi connectivity index (χ3v) is 4.68. The Bertz CT molecular complexity index is 950. The van der Waals surface area contributed by atoms with Crippen LogP contribution in [0.4, 0.5) is 19.0 Å². The second-order valence-electron chi connectivity index (χ2n) is 6.69. The number of aliphatic hydroxyl groups excluding tert-OH is 1. The first kappa shape index (κ1) is 20.6. The van der Waals surface area contributed by atoms with Crippen molar-refractivity contribution in [2.24, 2.45) is 0 Å². The van der Waals surface area contributed by atoms with Crippen LogP contribution in [0.1, 0.15) is 24.5 Å². The molecule has 0 unspecified atom stereocenters. The number of carbonyl (C=O) groups excluding carboxylic acids is 1. The van der Waals surface area contributed by atoms with Gasteiger partial charge in [0.15, 0.2) is 0 Å². The van der Waals surface area contributed by atoms with E-state index in [4.69, 9.17) is 5.11 Å². The average Bonchev–Trinajstić information content (AvgIpc) is 3.12. The van der Waals surface area contributed by atoms with E-state index in [2.05, 4.69) is 15.4 Å². The fourth-order valence-corrected chi connectivity index (χ4v) is 3.03. The zero-order valence-corrected chi connectivity index (χ0v) is 15.6. The topological polar surface area (TPSA) is 107 Å². The predicted octanol–water partition coefficient (Wildman–Crippen LogP) is 1.54. The van der Waals surface area contributed by atoms with E-state index in [0.717, 1.165) is 12.5 Å². The molecular weight excluding hydrogens is 389 g/mol. The Hall–Kier alpha value is -3.13. The number of alkyl halides is 3. The number of halogens is 3. The Morgan fingerprint density at radius 1 is 1.48 bits per heavy atom. The van der Waals surface area contributed by atoms with E-state index in [1.165, 1.54) is 17.1 Å². The fourth-order valence-electron chi connectivity index (χ4n) is 3.03. The van der Waals surface area contributed by atoms with Gasteiger partial charge in [0.1, 0.15) is 24.0 Å². The number of pyridine rings is 1. The van der Waals surface area contributed by atoms with E-state index in [-0.39, 0.29) is 37.3 Å². The minimum atomic E-state index is -4.72. The largest absolute Gasteiger partial charge is 0.417 e. The summed E-state index contributed by atoms with van der Waals surface area (Å²) in [6, 6.07) is 2.47. The molecule has 1 amide bonds. The molecule has 3 heterocycles. The first-order chi connectivity index (χ1) is 13.7. The number of aliphatic hydroxyl groups is 1. The highest BCUT2D eigenvalue weighted by Crippen LogP contribution is 2.39. The van der Waals surface area contributed by atoms with E-state index < -0.39 is 23.2 Å². The van der Waals surface area contributed by atoms with Gasteiger partial charge in [-0.3, -0.25) is 9.48 Å². The summed E-state index contributed by atoms with van der Waals surface area (Å²) < 4.78 is 42.1. The highest BCUT2D eigenvalue weighted by Gasteiger charge is 2.38. The number of anilines is 1. The second kappa shape index (κ2) is 8.08. The molecule has 3 rings (SSSR count). The lowest BCUT2D eigenvalue weighted by Crippen LogP contribution is -2.46. The highest BCUT2D eigenvalue weighted by atomic mass is 19.4. The molecule has 11 heteroatoms. The number of nitrogens with one attached hydrogen (secondary N) is 1. The van der Waals surface area contributed by atoms with E-state index in [1.807, 2.05) is 6.92 Å². The van der Waals surface area contributed by atoms with E-state index in [0.29, 0.717) is 12.1 Å². The smallest absolute Gasteiger partial charge is 0.395 e. The van der Waals surface area contributed by atoms with Crippen molar-refractivity contribution in [2.75, 3.05) is 24.6 Å². The SMILES string of the molecule is C[C@H]1CCN1c1nc(-c2cnn(CC(=O)NCCO)c2)cc(C(F)(F)F)c1C#N. The molecule has 1 aliphatic heterocycles. The van der Waals surface area contributed by atoms with Gasteiger partial charge < -0.3 is 15.3 Å². The number of nitriles is 1. The number of rotatable bonds is 6. The summed E-state index contributed by atoms with van der Waals surface area (Å²) in [4.78, 5) is 17.7. The number of nitrogens with zero attached hydrogens (tertiary/aromatic N) is 5. The zero-order chi connectivity index (χ0) is 21.2. The lowest BCUT2D eigenvalue weighted by molar-refractivity contribution is -0.137. The summed E-state index contributed by atoms with van der Waals surface area (Å²) in [6.45, 7) is 2.11. The Balaban J connectivity index is 1.99. The molecule has 0 bridgehead atoms. The lowest BCUT2D eigenvalue weighted by atomic mass is 10.0. The Labute approximate surface area is 164 Å². The summed E-state index contributed by atoms with van der Waals surface area (Å²) in [6.07, 6.45) is -1.18. The third kappa shape index (κ3) is 4.32. The van der Waals surface area contributed by atoms with Crippen molar-refractivity contribution in [3.05, 3.63) is 29.6 Å². The van der Waals surface area contributed by atoms with Crippen LogP contribution in [-0.2, 0) is 17.5 Å². The summed E-state index contributed by atoms with van der Waals surface area (Å²) >= 11 is 0. The lowest BCUT2D eigenvalue weighted by Gasteiger charge is -2.40. The van der Waals surface area contributed by atoms with Gasteiger partial charge in [-0.1, -0.05) is 0 Å². The molecule has 1 aliphatic rings. The highest BCUT2D eigenvalue weighted by molar-refractivity contribution is 5.76. The fraction of sp³-hybridized carbons (Fsp3) is 0.444. The Morgan fingerprint density at radius 3 is 2.79 bits per heavy atom. The maximum atomic E-state index is 13.6. The molecule has 2 N–H and O–H groups in total. The summed E-state index contributed by atoms with van der Waals surface area (Å²) in [7, 11) is 0. The molecule has 0 aromatic carbocycles. The van der Waals surface area contributed by atoms with Gasteiger partial charge in [-0.15, -0.1) is 0 Å². The van der Waals surface area contributed by atoms with Gasteiger partial charge in [0.05, 0.1) is 24.1 Å². The molecule has 0 radical (unpaired) electrons. The molecule has 0 spiro atoms. The third-order valence-electron chi connectivity index (χ3n) is 4.68. The van der Waals surface area contributed by atoms with Gasteiger partial charge in [0.25, 0.3) is 0 Å². The minimum Gasteiger partial charge on any atom is -0.395 e. The summed E-state index contributed by atoms with van der Waals surface area (Å²) in [5, 5.41) is 24.5. The summed E-state index contributed by atoms with van der Waals surface area (Å²) in [5.74, 6) is -0.392. The van der Waals surface area contributed by atoms with Crippen molar-refractivity contribution >= 4 is 11.7 Å². The van der Waals surface area contributed by atoms with Crippen molar-refractivity contribution in [1.29, 1.82) is 5.26 Å². The van der Waals surface area contributed by atoms with Gasteiger partial charge in [-0.2, -0.15) is 23.5 Å². The minimum absolute atomic E-state index is 0.00418. The molecule has 1 atom stereocenters. The quantitative estimate of drug-likeness (QED) is 0.751. The predicted molar refractivity (Wildman–Crippen MR) is 96.7 cm³/mol. The van der Waals surface area contributed by atoms with Crippen molar-refractivity contribution in [3.8, 4) is 17.3 Å². The van der Waals surface area contributed by atoms with Crippen molar-refractivity contribution in [2.45, 2.75) is 32.1 Å². The number of amides is 1. The molecule has 29 heavy (non-hydrogen) atoms. The van der Waals surface area contributed by atoms with E-state index >= 15 is 0 Å². The number of hydrogen-bond donors (Lipinski definition) is 2. The van der Waals surface area contributed by atoms with E-state index in [1.54, 1.807) is 11.0 Å². The van der Waals surface area contributed by atoms with E-state index in [9.17, 15) is 23.2 Å². The molecule has 0 aliphatic carbocycles. The van der Waals surface area contributed by atoms with Crippen LogP contribution < -0.4 is 10.2 Å². The average molecular weight is 408 g/mol.